The summed E-state index contributed by atoms with van der Waals surface area (Å²) < 4.78 is 0. The maximum Gasteiger partial charge on any atom is 0.188 e. The molecule has 1 aromatic heterocycles. The fourth-order valence-corrected chi connectivity index (χ4v) is 1.67. The van der Waals surface area contributed by atoms with Crippen LogP contribution in [0, 0.1) is 0 Å². The smallest absolute Gasteiger partial charge is 0.188 e. The molecule has 14 heavy (non-hydrogen) atoms. The average Bonchev–Trinajstić information content (AvgIpc) is 2.70. The van der Waals surface area contributed by atoms with E-state index in [2.05, 4.69) is 38.2 Å². The first-order chi connectivity index (χ1) is 6.84. The number of aromatic nitrogens is 4. The van der Waals surface area contributed by atoms with Crippen LogP contribution >= 0.6 is 0 Å². The molecular formula is C8H16N6. The van der Waals surface area contributed by atoms with Crippen LogP contribution in [0.1, 0.15) is 25.6 Å². The van der Waals surface area contributed by atoms with Gasteiger partial charge >= 0.3 is 0 Å². The number of aromatic amines is 1. The zero-order valence-electron chi connectivity index (χ0n) is 8.32. The summed E-state index contributed by atoms with van der Waals surface area (Å²) in [6.07, 6.45) is 2.44. The standard InChI is InChI=1S/C8H16N6/c1-6-2-3-7(4-9-6)10-5-8-11-13-14-12-8/h6-7,9-10H,2-5H2,1H3,(H,11,12,13,14). The lowest BCUT2D eigenvalue weighted by atomic mass is 10.0. The first-order valence-corrected chi connectivity index (χ1v) is 5.03. The van der Waals surface area contributed by atoms with E-state index in [0.29, 0.717) is 18.6 Å². The van der Waals surface area contributed by atoms with Crippen LogP contribution in [0.5, 0.6) is 0 Å². The number of hydrogen-bond donors (Lipinski definition) is 3. The predicted molar refractivity (Wildman–Crippen MR) is 51.5 cm³/mol. The molecule has 1 aliphatic heterocycles. The van der Waals surface area contributed by atoms with Crippen LogP contribution in [0.25, 0.3) is 0 Å². The van der Waals surface area contributed by atoms with Crippen molar-refractivity contribution in [2.24, 2.45) is 0 Å². The van der Waals surface area contributed by atoms with E-state index in [1.54, 1.807) is 0 Å². The Labute approximate surface area is 82.9 Å². The molecule has 0 radical (unpaired) electrons. The fraction of sp³-hybridized carbons (Fsp3) is 0.875. The van der Waals surface area contributed by atoms with Crippen LogP contribution in [-0.2, 0) is 6.54 Å². The Hall–Kier alpha value is -1.01. The maximum absolute atomic E-state index is 3.89. The summed E-state index contributed by atoms with van der Waals surface area (Å²) in [7, 11) is 0. The minimum absolute atomic E-state index is 0.532. The third-order valence-corrected chi connectivity index (χ3v) is 2.60. The Kier molecular flexibility index (Phi) is 3.05. The van der Waals surface area contributed by atoms with E-state index in [4.69, 9.17) is 0 Å². The van der Waals surface area contributed by atoms with Crippen LogP contribution in [0.4, 0.5) is 0 Å². The molecule has 2 atom stereocenters. The summed E-state index contributed by atoms with van der Waals surface area (Å²) in [5.74, 6) is 0.726. The molecule has 0 aliphatic carbocycles. The largest absolute Gasteiger partial charge is 0.313 e. The highest BCUT2D eigenvalue weighted by atomic mass is 15.5. The molecule has 1 saturated heterocycles. The van der Waals surface area contributed by atoms with Crippen molar-refractivity contribution in [3.8, 4) is 0 Å². The Balaban J connectivity index is 1.71. The number of hydrogen-bond acceptors (Lipinski definition) is 5. The number of tetrazole rings is 1. The van der Waals surface area contributed by atoms with Crippen LogP contribution in [-0.4, -0.2) is 39.3 Å². The first-order valence-electron chi connectivity index (χ1n) is 5.03. The second kappa shape index (κ2) is 4.47. The fourth-order valence-electron chi connectivity index (χ4n) is 1.67. The minimum Gasteiger partial charge on any atom is -0.313 e. The average molecular weight is 196 g/mol. The van der Waals surface area contributed by atoms with Crippen molar-refractivity contribution in [1.29, 1.82) is 0 Å². The summed E-state index contributed by atoms with van der Waals surface area (Å²) in [4.78, 5) is 0. The number of H-pyrrole nitrogens is 1. The van der Waals surface area contributed by atoms with E-state index >= 15 is 0 Å². The molecule has 78 valence electrons. The first kappa shape index (κ1) is 9.54. The molecule has 2 heterocycles. The van der Waals surface area contributed by atoms with E-state index < -0.39 is 0 Å². The molecule has 1 aromatic rings. The number of rotatable bonds is 3. The summed E-state index contributed by atoms with van der Waals surface area (Å²) in [6, 6.07) is 1.18. The molecule has 6 nitrogen and oxygen atoms in total. The predicted octanol–water partition coefficient (Wildman–Crippen LogP) is -0.570. The maximum atomic E-state index is 3.89. The van der Waals surface area contributed by atoms with Gasteiger partial charge < -0.3 is 10.6 Å². The van der Waals surface area contributed by atoms with Crippen molar-refractivity contribution in [3.05, 3.63) is 5.82 Å². The zero-order valence-corrected chi connectivity index (χ0v) is 8.32. The second-order valence-electron chi connectivity index (χ2n) is 3.79. The molecule has 0 amide bonds. The Bertz CT molecular complexity index is 251. The Morgan fingerprint density at radius 2 is 2.43 bits per heavy atom. The molecule has 1 fully saturated rings. The quantitative estimate of drug-likeness (QED) is 0.603. The summed E-state index contributed by atoms with van der Waals surface area (Å²) >= 11 is 0. The normalized spacial score (nSPS) is 27.8. The third-order valence-electron chi connectivity index (χ3n) is 2.60. The van der Waals surface area contributed by atoms with Gasteiger partial charge in [0.1, 0.15) is 0 Å². The van der Waals surface area contributed by atoms with Crippen molar-refractivity contribution in [1.82, 2.24) is 31.3 Å². The lowest BCUT2D eigenvalue weighted by Crippen LogP contribution is -2.46. The lowest BCUT2D eigenvalue weighted by molar-refractivity contribution is 0.336. The van der Waals surface area contributed by atoms with Gasteiger partial charge in [-0.25, -0.2) is 0 Å². The van der Waals surface area contributed by atoms with Crippen molar-refractivity contribution >= 4 is 0 Å². The van der Waals surface area contributed by atoms with Gasteiger partial charge in [0.15, 0.2) is 5.82 Å². The summed E-state index contributed by atoms with van der Waals surface area (Å²) in [6.45, 7) is 3.94. The van der Waals surface area contributed by atoms with Crippen LogP contribution < -0.4 is 10.6 Å². The molecule has 6 heteroatoms. The van der Waals surface area contributed by atoms with Crippen molar-refractivity contribution in [3.63, 3.8) is 0 Å². The van der Waals surface area contributed by atoms with Gasteiger partial charge in [-0.2, -0.15) is 5.21 Å². The van der Waals surface area contributed by atoms with Gasteiger partial charge in [-0.3, -0.25) is 0 Å². The molecule has 0 aromatic carbocycles. The highest BCUT2D eigenvalue weighted by molar-refractivity contribution is 4.82. The second-order valence-corrected chi connectivity index (χ2v) is 3.79. The van der Waals surface area contributed by atoms with Gasteiger partial charge in [0.2, 0.25) is 0 Å². The summed E-state index contributed by atoms with van der Waals surface area (Å²) in [5, 5.41) is 20.5. The minimum atomic E-state index is 0.532. The van der Waals surface area contributed by atoms with Gasteiger partial charge in [0, 0.05) is 18.6 Å². The number of nitrogens with zero attached hydrogens (tertiary/aromatic N) is 3. The molecule has 2 rings (SSSR count). The zero-order chi connectivity index (χ0) is 9.80. The molecule has 3 N–H and O–H groups in total. The van der Waals surface area contributed by atoms with E-state index in [0.717, 1.165) is 12.4 Å². The van der Waals surface area contributed by atoms with E-state index in [1.807, 2.05) is 0 Å². The van der Waals surface area contributed by atoms with Crippen LogP contribution in [0.15, 0.2) is 0 Å². The number of nitrogens with one attached hydrogen (secondary N) is 3. The van der Waals surface area contributed by atoms with Crippen LogP contribution in [0.3, 0.4) is 0 Å². The molecule has 0 bridgehead atoms. The lowest BCUT2D eigenvalue weighted by Gasteiger charge is -2.27. The molecule has 0 saturated carbocycles. The van der Waals surface area contributed by atoms with E-state index in [-0.39, 0.29) is 0 Å². The van der Waals surface area contributed by atoms with Gasteiger partial charge in [-0.05, 0) is 19.8 Å². The Morgan fingerprint density at radius 1 is 1.50 bits per heavy atom. The van der Waals surface area contributed by atoms with E-state index in [9.17, 15) is 0 Å². The van der Waals surface area contributed by atoms with Gasteiger partial charge in [-0.15, -0.1) is 10.2 Å². The van der Waals surface area contributed by atoms with Gasteiger partial charge in [-0.1, -0.05) is 5.21 Å². The monoisotopic (exact) mass is 196 g/mol. The molecule has 2 unspecified atom stereocenters. The van der Waals surface area contributed by atoms with Gasteiger partial charge in [0.05, 0.1) is 6.54 Å². The highest BCUT2D eigenvalue weighted by Crippen LogP contribution is 2.07. The SMILES string of the molecule is CC1CCC(NCc2nn[nH]n2)CN1. The molecule has 1 aliphatic rings. The Morgan fingerprint density at radius 3 is 3.07 bits per heavy atom. The van der Waals surface area contributed by atoms with Crippen molar-refractivity contribution in [2.45, 2.75) is 38.4 Å². The third kappa shape index (κ3) is 2.49. The highest BCUT2D eigenvalue weighted by Gasteiger charge is 2.16. The molecular weight excluding hydrogens is 180 g/mol. The van der Waals surface area contributed by atoms with E-state index in [1.165, 1.54) is 12.8 Å². The van der Waals surface area contributed by atoms with Crippen molar-refractivity contribution in [2.75, 3.05) is 6.54 Å². The number of piperidine rings is 1. The van der Waals surface area contributed by atoms with Crippen molar-refractivity contribution < 1.29 is 0 Å². The molecule has 0 spiro atoms. The van der Waals surface area contributed by atoms with Gasteiger partial charge in [0.25, 0.3) is 0 Å². The topological polar surface area (TPSA) is 78.5 Å². The summed E-state index contributed by atoms with van der Waals surface area (Å²) in [5.41, 5.74) is 0. The van der Waals surface area contributed by atoms with Crippen LogP contribution in [0.2, 0.25) is 0 Å².